The first-order chi connectivity index (χ1) is 26.3. The molecule has 10 heterocycles. The summed E-state index contributed by atoms with van der Waals surface area (Å²) in [6, 6.07) is 0. The Morgan fingerprint density at radius 1 is 0.673 bits per heavy atom. The van der Waals surface area contributed by atoms with Crippen molar-refractivity contribution in [2.45, 2.75) is 184 Å². The van der Waals surface area contributed by atoms with Gasteiger partial charge >= 0.3 is 6.09 Å². The molecule has 13 heteroatoms. The minimum Gasteiger partial charge on any atom is -0.450 e. The summed E-state index contributed by atoms with van der Waals surface area (Å²) in [6.45, 7) is 16.9. The van der Waals surface area contributed by atoms with Gasteiger partial charge in [-0.1, -0.05) is 27.7 Å². The van der Waals surface area contributed by atoms with Crippen LogP contribution in [0.4, 0.5) is 4.79 Å². The van der Waals surface area contributed by atoms with E-state index in [4.69, 9.17) is 52.7 Å². The lowest BCUT2D eigenvalue weighted by molar-refractivity contribution is -0.572. The highest BCUT2D eigenvalue weighted by Crippen LogP contribution is 2.64. The number of rotatable bonds is 5. The summed E-state index contributed by atoms with van der Waals surface area (Å²) in [4.78, 5) is 39.7. The maximum Gasteiger partial charge on any atom is 0.409 e. The maximum atomic E-state index is 12.7. The SMILES string of the molecule is CCOC(=O)N1CCC2(CC1)OCC(C[C@H]1O[C@@H]3O[C@@]4(C)CC[C@H]5[C@H](C)CC[C@@H]([C@H]1C)[C@@]35OO4)(C[C@H]1O[C@@H]3O[C@@]4(C)CC[C@H]5[C@H](C)CC[C@@H]([C@H]1C)[C@@]35OO4)O2. The number of ether oxygens (including phenoxy) is 7. The van der Waals surface area contributed by atoms with Crippen LogP contribution in [0.25, 0.3) is 0 Å². The average molecular weight is 776 g/mol. The molecule has 310 valence electrons. The predicted molar refractivity (Wildman–Crippen MR) is 193 cm³/mol. The highest BCUT2D eigenvalue weighted by molar-refractivity contribution is 5.67. The zero-order chi connectivity index (χ0) is 38.2. The minimum atomic E-state index is -0.846. The van der Waals surface area contributed by atoms with Gasteiger partial charge in [-0.2, -0.15) is 0 Å². The van der Waals surface area contributed by atoms with Crippen LogP contribution < -0.4 is 0 Å². The van der Waals surface area contributed by atoms with Gasteiger partial charge in [0, 0.05) is 63.5 Å². The standard InChI is InChI=1S/C42H65NO12/c1-8-45-36(44)43-19-17-40(18-20-43)46-23-39(51-40,21-32-26(4)30-11-9-24(2)28-13-15-37(6)49-34(47-32)41(28,30)54-52-37)22-33-27(5)31-12-10-25(3)29-14-16-38(7)50-35(48-33)42(29,31)55-53-38/h24-35H,8-23H2,1-7H3/t24-,25-,26-,27-,28+,29+,30+,31+,32-,33-,34-,35-,37-,38-,41-,42-/m1/s1. The summed E-state index contributed by atoms with van der Waals surface area (Å²) in [5.74, 6) is -0.203. The Balaban J connectivity index is 0.965. The average Bonchev–Trinajstić information content (AvgIpc) is 3.28. The van der Waals surface area contributed by atoms with E-state index in [1.54, 1.807) is 4.90 Å². The van der Waals surface area contributed by atoms with Crippen molar-refractivity contribution in [3.05, 3.63) is 0 Å². The third kappa shape index (κ3) is 5.70. The van der Waals surface area contributed by atoms with Gasteiger partial charge in [0.25, 0.3) is 0 Å². The predicted octanol–water partition coefficient (Wildman–Crippen LogP) is 7.00. The normalized spacial score (nSPS) is 53.3. The fraction of sp³-hybridized carbons (Fsp3) is 0.976. The molecule has 10 saturated heterocycles. The molecule has 3 spiro atoms. The van der Waals surface area contributed by atoms with Crippen LogP contribution in [0.2, 0.25) is 0 Å². The molecular weight excluding hydrogens is 710 g/mol. The van der Waals surface area contributed by atoms with Crippen LogP contribution in [-0.2, 0) is 52.7 Å². The Labute approximate surface area is 326 Å². The van der Waals surface area contributed by atoms with Gasteiger partial charge in [0.15, 0.2) is 29.6 Å². The second kappa shape index (κ2) is 13.2. The fourth-order valence-corrected chi connectivity index (χ4v) is 13.6. The van der Waals surface area contributed by atoms with Gasteiger partial charge in [0.2, 0.25) is 11.6 Å². The largest absolute Gasteiger partial charge is 0.450 e. The fourth-order valence-electron chi connectivity index (χ4n) is 13.6. The molecule has 12 rings (SSSR count). The number of likely N-dealkylation sites (tertiary alicyclic amines) is 1. The van der Waals surface area contributed by atoms with E-state index in [1.807, 2.05) is 20.8 Å². The number of nitrogens with zero attached hydrogens (tertiary/aromatic N) is 1. The Bertz CT molecular complexity index is 1410. The van der Waals surface area contributed by atoms with Crippen LogP contribution in [0.15, 0.2) is 0 Å². The smallest absolute Gasteiger partial charge is 0.409 e. The van der Waals surface area contributed by atoms with Crippen LogP contribution in [0.3, 0.4) is 0 Å². The third-order valence-electron chi connectivity index (χ3n) is 16.8. The molecule has 12 aliphatic rings. The van der Waals surface area contributed by atoms with Crippen LogP contribution >= 0.6 is 0 Å². The molecular formula is C42H65NO12. The molecule has 55 heavy (non-hydrogen) atoms. The molecule has 1 amide bonds. The lowest BCUT2D eigenvalue weighted by atomic mass is 9.56. The van der Waals surface area contributed by atoms with Crippen molar-refractivity contribution in [3.63, 3.8) is 0 Å². The molecule has 13 nitrogen and oxygen atoms in total. The van der Waals surface area contributed by atoms with Crippen LogP contribution in [0.5, 0.6) is 0 Å². The van der Waals surface area contributed by atoms with E-state index >= 15 is 0 Å². The zero-order valence-corrected chi connectivity index (χ0v) is 34.1. The molecule has 2 aliphatic carbocycles. The van der Waals surface area contributed by atoms with Crippen molar-refractivity contribution >= 4 is 6.09 Å². The van der Waals surface area contributed by atoms with E-state index in [9.17, 15) is 4.79 Å². The summed E-state index contributed by atoms with van der Waals surface area (Å²) in [7, 11) is 0. The van der Waals surface area contributed by atoms with Crippen LogP contribution in [-0.4, -0.2) is 96.2 Å². The first-order valence-electron chi connectivity index (χ1n) is 21.9. The van der Waals surface area contributed by atoms with E-state index < -0.39 is 46.7 Å². The molecule has 0 N–H and O–H groups in total. The Morgan fingerprint density at radius 2 is 1.18 bits per heavy atom. The molecule has 4 bridgehead atoms. The van der Waals surface area contributed by atoms with Crippen molar-refractivity contribution in [2.24, 2.45) is 47.3 Å². The topological polar surface area (TPSA) is 122 Å². The van der Waals surface area contributed by atoms with Crippen molar-refractivity contribution in [1.82, 2.24) is 4.90 Å². The van der Waals surface area contributed by atoms with E-state index in [1.165, 1.54) is 0 Å². The maximum absolute atomic E-state index is 12.7. The molecule has 10 aliphatic heterocycles. The zero-order valence-electron chi connectivity index (χ0n) is 34.1. The van der Waals surface area contributed by atoms with Gasteiger partial charge in [0.05, 0.1) is 31.0 Å². The second-order valence-electron chi connectivity index (χ2n) is 20.0. The summed E-state index contributed by atoms with van der Waals surface area (Å²) < 4.78 is 47.6. The monoisotopic (exact) mass is 775 g/mol. The van der Waals surface area contributed by atoms with Gasteiger partial charge < -0.3 is 38.1 Å². The Morgan fingerprint density at radius 3 is 1.67 bits per heavy atom. The first-order valence-corrected chi connectivity index (χ1v) is 21.9. The van der Waals surface area contributed by atoms with Crippen molar-refractivity contribution < 1.29 is 57.5 Å². The second-order valence-corrected chi connectivity index (χ2v) is 20.0. The van der Waals surface area contributed by atoms with Crippen LogP contribution in [0, 0.1) is 47.3 Å². The van der Waals surface area contributed by atoms with E-state index in [0.29, 0.717) is 75.7 Å². The highest BCUT2D eigenvalue weighted by Gasteiger charge is 2.72. The van der Waals surface area contributed by atoms with E-state index in [-0.39, 0.29) is 42.0 Å². The number of hydrogen-bond donors (Lipinski definition) is 0. The minimum absolute atomic E-state index is 0.156. The first kappa shape index (κ1) is 38.1. The van der Waals surface area contributed by atoms with Crippen LogP contribution in [0.1, 0.15) is 126 Å². The highest BCUT2D eigenvalue weighted by atomic mass is 17.3. The summed E-state index contributed by atoms with van der Waals surface area (Å²) in [5, 5.41) is 0. The Kier molecular flexibility index (Phi) is 9.13. The number of hydrogen-bond acceptors (Lipinski definition) is 12. The number of amides is 1. The lowest BCUT2D eigenvalue weighted by Crippen LogP contribution is -2.71. The quantitative estimate of drug-likeness (QED) is 0.268. The molecule has 0 aromatic carbocycles. The van der Waals surface area contributed by atoms with E-state index in [2.05, 4.69) is 27.7 Å². The number of piperidine rings is 1. The molecule has 0 radical (unpaired) electrons. The summed E-state index contributed by atoms with van der Waals surface area (Å²) in [5.41, 5.74) is -2.00. The van der Waals surface area contributed by atoms with Crippen molar-refractivity contribution in [3.8, 4) is 0 Å². The molecule has 0 aromatic rings. The number of carbonyl (C=O) groups excluding carboxylic acids is 1. The summed E-state index contributed by atoms with van der Waals surface area (Å²) >= 11 is 0. The molecule has 16 atom stereocenters. The number of carbonyl (C=O) groups is 1. The molecule has 0 unspecified atom stereocenters. The van der Waals surface area contributed by atoms with Crippen molar-refractivity contribution in [2.75, 3.05) is 26.3 Å². The van der Waals surface area contributed by atoms with Gasteiger partial charge in [-0.15, -0.1) is 0 Å². The van der Waals surface area contributed by atoms with Gasteiger partial charge in [0.1, 0.15) is 0 Å². The van der Waals surface area contributed by atoms with Gasteiger partial charge in [-0.25, -0.2) is 24.3 Å². The summed E-state index contributed by atoms with van der Waals surface area (Å²) in [6.07, 6.45) is 8.56. The third-order valence-corrected chi connectivity index (χ3v) is 16.8. The Hall–Kier alpha value is -1.13. The van der Waals surface area contributed by atoms with Gasteiger partial charge in [-0.05, 0) is 94.8 Å². The molecule has 12 fully saturated rings. The van der Waals surface area contributed by atoms with Gasteiger partial charge in [-0.3, -0.25) is 0 Å². The van der Waals surface area contributed by atoms with Crippen molar-refractivity contribution in [1.29, 1.82) is 0 Å². The molecule has 2 saturated carbocycles. The van der Waals surface area contributed by atoms with E-state index in [0.717, 1.165) is 51.4 Å². The number of fused-ring (bicyclic) bond motifs is 4. The lowest BCUT2D eigenvalue weighted by Gasteiger charge is -2.61. The molecule has 0 aromatic heterocycles.